The molecule has 0 unspecified atom stereocenters. The Kier molecular flexibility index (Phi) is 5.15. The first-order valence-electron chi connectivity index (χ1n) is 9.69. The zero-order chi connectivity index (χ0) is 21.5. The Bertz CT molecular complexity index is 1100. The van der Waals surface area contributed by atoms with Gasteiger partial charge < -0.3 is 15.0 Å². The maximum atomic E-state index is 12.8. The van der Waals surface area contributed by atoms with Gasteiger partial charge in [-0.1, -0.05) is 6.07 Å². The van der Waals surface area contributed by atoms with Crippen LogP contribution in [0.2, 0.25) is 0 Å². The minimum Gasteiger partial charge on any atom is -0.476 e. The van der Waals surface area contributed by atoms with Crippen LogP contribution in [0.25, 0.3) is 0 Å². The third kappa shape index (κ3) is 3.97. The van der Waals surface area contributed by atoms with Gasteiger partial charge >= 0.3 is 0 Å². The average molecular weight is 429 g/mol. The standard InChI is InChI=1S/C21H23N3O5S/c1-14-5-10-18-17(12-14)24(30(2,27)28)13-19(29-18)21(26)22-15-6-8-16(9-7-15)23-11-3-4-20(23)25/h5-10,12,19H,3-4,11,13H2,1-2H3,(H,22,26)/t19-/m1/s1. The van der Waals surface area contributed by atoms with E-state index in [4.69, 9.17) is 4.74 Å². The Morgan fingerprint density at radius 2 is 1.90 bits per heavy atom. The molecule has 0 aliphatic carbocycles. The summed E-state index contributed by atoms with van der Waals surface area (Å²) >= 11 is 0. The number of hydrogen-bond acceptors (Lipinski definition) is 5. The van der Waals surface area contributed by atoms with Gasteiger partial charge in [0.05, 0.1) is 18.5 Å². The summed E-state index contributed by atoms with van der Waals surface area (Å²) < 4.78 is 31.6. The topological polar surface area (TPSA) is 96.0 Å². The molecular weight excluding hydrogens is 406 g/mol. The number of carbonyl (C=O) groups is 2. The number of sulfonamides is 1. The minimum atomic E-state index is -3.58. The molecule has 8 nitrogen and oxygen atoms in total. The van der Waals surface area contributed by atoms with Crippen molar-refractivity contribution in [3.05, 3.63) is 48.0 Å². The number of anilines is 3. The van der Waals surface area contributed by atoms with Gasteiger partial charge in [-0.15, -0.1) is 0 Å². The summed E-state index contributed by atoms with van der Waals surface area (Å²) in [5.74, 6) is -0.00245. The van der Waals surface area contributed by atoms with Crippen LogP contribution >= 0.6 is 0 Å². The molecule has 1 fully saturated rings. The predicted octanol–water partition coefficient (Wildman–Crippen LogP) is 2.29. The highest BCUT2D eigenvalue weighted by Gasteiger charge is 2.35. The van der Waals surface area contributed by atoms with Gasteiger partial charge in [0.1, 0.15) is 5.75 Å². The lowest BCUT2D eigenvalue weighted by atomic mass is 10.1. The molecule has 1 saturated heterocycles. The zero-order valence-electron chi connectivity index (χ0n) is 16.8. The van der Waals surface area contributed by atoms with Gasteiger partial charge in [0.25, 0.3) is 5.91 Å². The number of nitrogens with one attached hydrogen (secondary N) is 1. The van der Waals surface area contributed by atoms with Gasteiger partial charge in [0, 0.05) is 24.3 Å². The Balaban J connectivity index is 1.51. The van der Waals surface area contributed by atoms with Crippen LogP contribution in [0.15, 0.2) is 42.5 Å². The van der Waals surface area contributed by atoms with Gasteiger partial charge in [0.2, 0.25) is 15.9 Å². The molecule has 0 radical (unpaired) electrons. The van der Waals surface area contributed by atoms with Crippen molar-refractivity contribution in [2.45, 2.75) is 25.9 Å². The lowest BCUT2D eigenvalue weighted by Gasteiger charge is -2.34. The van der Waals surface area contributed by atoms with Gasteiger partial charge in [-0.2, -0.15) is 0 Å². The molecule has 0 bridgehead atoms. The smallest absolute Gasteiger partial charge is 0.267 e. The van der Waals surface area contributed by atoms with Crippen LogP contribution in [0.4, 0.5) is 17.1 Å². The Morgan fingerprint density at radius 3 is 2.53 bits per heavy atom. The van der Waals surface area contributed by atoms with Crippen molar-refractivity contribution in [2.75, 3.05) is 33.9 Å². The first-order chi connectivity index (χ1) is 14.2. The highest BCUT2D eigenvalue weighted by molar-refractivity contribution is 7.92. The fraction of sp³-hybridized carbons (Fsp3) is 0.333. The minimum absolute atomic E-state index is 0.0946. The van der Waals surface area contributed by atoms with Crippen molar-refractivity contribution in [3.8, 4) is 5.75 Å². The van der Waals surface area contributed by atoms with Crippen molar-refractivity contribution in [2.24, 2.45) is 0 Å². The highest BCUT2D eigenvalue weighted by atomic mass is 32.2. The lowest BCUT2D eigenvalue weighted by Crippen LogP contribution is -2.48. The monoisotopic (exact) mass is 429 g/mol. The predicted molar refractivity (Wildman–Crippen MR) is 114 cm³/mol. The van der Waals surface area contributed by atoms with E-state index in [0.717, 1.165) is 23.9 Å². The number of aryl methyl sites for hydroxylation is 1. The van der Waals surface area contributed by atoms with Crippen LogP contribution in [-0.4, -0.2) is 45.7 Å². The second kappa shape index (κ2) is 7.64. The summed E-state index contributed by atoms with van der Waals surface area (Å²) in [7, 11) is -3.58. The number of carbonyl (C=O) groups excluding carboxylic acids is 2. The molecule has 4 rings (SSSR count). The number of nitrogens with zero attached hydrogens (tertiary/aromatic N) is 2. The summed E-state index contributed by atoms with van der Waals surface area (Å²) in [6.07, 6.45) is 1.51. The number of benzene rings is 2. The van der Waals surface area contributed by atoms with Crippen LogP contribution in [0, 0.1) is 6.92 Å². The van der Waals surface area contributed by atoms with E-state index in [-0.39, 0.29) is 12.5 Å². The number of rotatable bonds is 4. The SMILES string of the molecule is Cc1ccc2c(c1)N(S(C)(=O)=O)C[C@H](C(=O)Nc1ccc(N3CCCC3=O)cc1)O2. The fourth-order valence-corrected chi connectivity index (χ4v) is 4.59. The van der Waals surface area contributed by atoms with Crippen LogP contribution in [0.1, 0.15) is 18.4 Å². The van der Waals surface area contributed by atoms with E-state index < -0.39 is 22.0 Å². The van der Waals surface area contributed by atoms with Gasteiger partial charge in [0.15, 0.2) is 6.10 Å². The average Bonchev–Trinajstić information content (AvgIpc) is 3.13. The van der Waals surface area contributed by atoms with Crippen LogP contribution in [0.3, 0.4) is 0 Å². The second-order valence-corrected chi connectivity index (χ2v) is 9.46. The van der Waals surface area contributed by atoms with Gasteiger partial charge in [-0.05, 0) is 55.3 Å². The van der Waals surface area contributed by atoms with Gasteiger partial charge in [-0.3, -0.25) is 13.9 Å². The molecule has 30 heavy (non-hydrogen) atoms. The molecule has 2 aliphatic rings. The van der Waals surface area contributed by atoms with E-state index in [9.17, 15) is 18.0 Å². The van der Waals surface area contributed by atoms with Crippen LogP contribution in [-0.2, 0) is 19.6 Å². The maximum absolute atomic E-state index is 12.8. The quantitative estimate of drug-likeness (QED) is 0.805. The van der Waals surface area contributed by atoms with Crippen LogP contribution < -0.4 is 19.3 Å². The molecule has 2 amide bonds. The summed E-state index contributed by atoms with van der Waals surface area (Å²) in [5, 5.41) is 2.77. The molecule has 1 N–H and O–H groups in total. The molecule has 2 aliphatic heterocycles. The summed E-state index contributed by atoms with van der Waals surface area (Å²) in [5.41, 5.74) is 2.66. The summed E-state index contributed by atoms with van der Waals surface area (Å²) in [6.45, 7) is 2.45. The molecule has 0 saturated carbocycles. The summed E-state index contributed by atoms with van der Waals surface area (Å²) in [4.78, 5) is 26.4. The highest BCUT2D eigenvalue weighted by Crippen LogP contribution is 2.36. The third-order valence-electron chi connectivity index (χ3n) is 5.20. The van der Waals surface area contributed by atoms with Crippen molar-refractivity contribution in [1.82, 2.24) is 0 Å². The van der Waals surface area contributed by atoms with E-state index in [1.807, 2.05) is 6.92 Å². The summed E-state index contributed by atoms with van der Waals surface area (Å²) in [6, 6.07) is 12.2. The lowest BCUT2D eigenvalue weighted by molar-refractivity contribution is -0.122. The fourth-order valence-electron chi connectivity index (χ4n) is 3.68. The molecular formula is C21H23N3O5S. The third-order valence-corrected chi connectivity index (χ3v) is 6.34. The number of fused-ring (bicyclic) bond motifs is 1. The first-order valence-corrected chi connectivity index (χ1v) is 11.5. The molecule has 9 heteroatoms. The number of hydrogen-bond donors (Lipinski definition) is 1. The molecule has 158 valence electrons. The van der Waals surface area contributed by atoms with E-state index in [2.05, 4.69) is 5.32 Å². The van der Waals surface area contributed by atoms with E-state index >= 15 is 0 Å². The molecule has 2 aromatic rings. The molecule has 1 atom stereocenters. The Hall–Kier alpha value is -3.07. The van der Waals surface area contributed by atoms with E-state index in [1.54, 1.807) is 47.4 Å². The second-order valence-electron chi connectivity index (χ2n) is 7.56. The largest absolute Gasteiger partial charge is 0.476 e. The van der Waals surface area contributed by atoms with Gasteiger partial charge in [-0.25, -0.2) is 8.42 Å². The first kappa shape index (κ1) is 20.2. The normalized spacial score (nSPS) is 18.7. The van der Waals surface area contributed by atoms with Crippen molar-refractivity contribution >= 4 is 38.9 Å². The molecule has 2 aromatic carbocycles. The van der Waals surface area contributed by atoms with Crippen molar-refractivity contribution in [3.63, 3.8) is 0 Å². The molecule has 0 aromatic heterocycles. The van der Waals surface area contributed by atoms with E-state index in [1.165, 1.54) is 4.31 Å². The molecule has 0 spiro atoms. The van der Waals surface area contributed by atoms with Crippen molar-refractivity contribution < 1.29 is 22.7 Å². The number of ether oxygens (including phenoxy) is 1. The zero-order valence-corrected chi connectivity index (χ0v) is 17.6. The van der Waals surface area contributed by atoms with Crippen LogP contribution in [0.5, 0.6) is 5.75 Å². The maximum Gasteiger partial charge on any atom is 0.267 e. The van der Waals surface area contributed by atoms with E-state index in [0.29, 0.717) is 30.1 Å². The Morgan fingerprint density at radius 1 is 1.17 bits per heavy atom. The Labute approximate surface area is 175 Å². The molecule has 2 heterocycles. The van der Waals surface area contributed by atoms with Crippen molar-refractivity contribution in [1.29, 1.82) is 0 Å². The number of amides is 2.